The second kappa shape index (κ2) is 18.6. The van der Waals surface area contributed by atoms with Crippen LogP contribution in [0.5, 0.6) is 0 Å². The van der Waals surface area contributed by atoms with Crippen LogP contribution < -0.4 is 15.4 Å². The van der Waals surface area contributed by atoms with E-state index < -0.39 is 11.2 Å². The number of carbonyl (C=O) groups excluding carboxylic acids is 2. The van der Waals surface area contributed by atoms with E-state index in [9.17, 15) is 14.7 Å². The number of ether oxygens (including phenoxy) is 1. The molecule has 0 bridgehead atoms. The maximum atomic E-state index is 12.6. The Morgan fingerprint density at radius 2 is 1.59 bits per heavy atom. The topological polar surface area (TPSA) is 99.7 Å². The molecule has 0 aliphatic carbocycles. The number of hydrogen-bond donors (Lipinski definition) is 4. The molecule has 206 valence electrons. The molecule has 0 saturated heterocycles. The summed E-state index contributed by atoms with van der Waals surface area (Å²) in [6, 6.07) is 0.440. The number of aldehydes is 1. The Hall–Kier alpha value is -0.670. The van der Waals surface area contributed by atoms with E-state index in [1.54, 1.807) is 14.0 Å². The zero-order valence-corrected chi connectivity index (χ0v) is 25.3. The predicted octanol–water partition coefficient (Wildman–Crippen LogP) is 4.93. The Labute approximate surface area is 215 Å². The highest BCUT2D eigenvalue weighted by atomic mass is 32.2. The van der Waals surface area contributed by atoms with E-state index in [1.807, 2.05) is 34.6 Å². The van der Waals surface area contributed by atoms with Gasteiger partial charge in [0, 0.05) is 35.7 Å². The van der Waals surface area contributed by atoms with Crippen LogP contribution in [0.2, 0.25) is 0 Å². The lowest BCUT2D eigenvalue weighted by Crippen LogP contribution is -2.47. The van der Waals surface area contributed by atoms with Gasteiger partial charge in [0.2, 0.25) is 5.91 Å². The van der Waals surface area contributed by atoms with Gasteiger partial charge in [0.25, 0.3) is 0 Å². The standard InChI is InChI=1S/C21H45N3O3S.C3H6O.C2H6/c1-16(2)23-20(7,8)13-18(3,4)15-28-24-17(25)19(5,6)11-12-27-21(9,26)14-22-10;1-2-3-4;1-2/h16,22-23,26H,11-15H2,1-10H3,(H,24,25);3H,2H2,1H3;1-2H3. The van der Waals surface area contributed by atoms with Crippen LogP contribution in [0.1, 0.15) is 102 Å². The molecule has 0 aliphatic heterocycles. The molecule has 0 radical (unpaired) electrons. The maximum absolute atomic E-state index is 12.6. The van der Waals surface area contributed by atoms with Crippen molar-refractivity contribution in [2.24, 2.45) is 10.8 Å². The summed E-state index contributed by atoms with van der Waals surface area (Å²) >= 11 is 1.47. The maximum Gasteiger partial charge on any atom is 0.235 e. The number of aliphatic hydroxyl groups is 1. The van der Waals surface area contributed by atoms with Gasteiger partial charge in [0.15, 0.2) is 5.79 Å². The highest BCUT2D eigenvalue weighted by molar-refractivity contribution is 7.97. The first-order valence-electron chi connectivity index (χ1n) is 12.6. The van der Waals surface area contributed by atoms with Gasteiger partial charge < -0.3 is 25.3 Å². The summed E-state index contributed by atoms with van der Waals surface area (Å²) in [5.41, 5.74) is -0.434. The minimum atomic E-state index is -1.23. The van der Waals surface area contributed by atoms with Gasteiger partial charge in [-0.2, -0.15) is 0 Å². The summed E-state index contributed by atoms with van der Waals surface area (Å²) in [5.74, 6) is -0.396. The second-order valence-corrected chi connectivity index (χ2v) is 11.8. The molecule has 0 heterocycles. The smallest absolute Gasteiger partial charge is 0.235 e. The fourth-order valence-corrected chi connectivity index (χ4v) is 4.51. The molecule has 34 heavy (non-hydrogen) atoms. The van der Waals surface area contributed by atoms with Crippen molar-refractivity contribution < 1.29 is 19.4 Å². The van der Waals surface area contributed by atoms with Crippen molar-refractivity contribution in [3.63, 3.8) is 0 Å². The molecule has 0 aromatic heterocycles. The monoisotopic (exact) mass is 507 g/mol. The molecule has 0 spiro atoms. The Morgan fingerprint density at radius 3 is 2.00 bits per heavy atom. The fraction of sp³-hybridized carbons (Fsp3) is 0.923. The van der Waals surface area contributed by atoms with Crippen LogP contribution in [0.4, 0.5) is 0 Å². The van der Waals surface area contributed by atoms with E-state index >= 15 is 0 Å². The highest BCUT2D eigenvalue weighted by Crippen LogP contribution is 2.31. The van der Waals surface area contributed by atoms with Gasteiger partial charge in [-0.3, -0.25) is 9.52 Å². The molecule has 1 atom stereocenters. The quantitative estimate of drug-likeness (QED) is 0.142. The normalized spacial score (nSPS) is 13.7. The van der Waals surface area contributed by atoms with Gasteiger partial charge in [0.05, 0.1) is 6.61 Å². The van der Waals surface area contributed by atoms with Crippen LogP contribution in [-0.4, -0.2) is 60.6 Å². The van der Waals surface area contributed by atoms with Gasteiger partial charge in [-0.15, -0.1) is 0 Å². The van der Waals surface area contributed by atoms with Crippen LogP contribution in [-0.2, 0) is 14.3 Å². The number of likely N-dealkylation sites (N-methyl/N-ethyl adjacent to an activating group) is 1. The molecular weight excluding hydrogens is 450 g/mol. The lowest BCUT2D eigenvalue weighted by Gasteiger charge is -2.37. The van der Waals surface area contributed by atoms with Gasteiger partial charge >= 0.3 is 0 Å². The van der Waals surface area contributed by atoms with E-state index in [-0.39, 0.29) is 16.9 Å². The average Bonchev–Trinajstić information content (AvgIpc) is 2.67. The lowest BCUT2D eigenvalue weighted by molar-refractivity contribution is -0.189. The van der Waals surface area contributed by atoms with Crippen LogP contribution >= 0.6 is 11.9 Å². The van der Waals surface area contributed by atoms with Crippen molar-refractivity contribution in [3.8, 4) is 0 Å². The second-order valence-electron chi connectivity index (χ2n) is 11.0. The zero-order valence-electron chi connectivity index (χ0n) is 24.5. The Morgan fingerprint density at radius 1 is 1.09 bits per heavy atom. The van der Waals surface area contributed by atoms with Crippen LogP contribution in [0.25, 0.3) is 0 Å². The number of rotatable bonds is 15. The Kier molecular flexibility index (Phi) is 20.7. The first-order valence-corrected chi connectivity index (χ1v) is 13.6. The highest BCUT2D eigenvalue weighted by Gasteiger charge is 2.32. The average molecular weight is 508 g/mol. The molecular formula is C26H57N3O4S. The molecule has 0 aromatic rings. The Bertz CT molecular complexity index is 536. The summed E-state index contributed by atoms with van der Waals surface area (Å²) in [6.45, 7) is 25.1. The van der Waals surface area contributed by atoms with Crippen molar-refractivity contribution in [2.45, 2.75) is 120 Å². The molecule has 0 aliphatic rings. The summed E-state index contributed by atoms with van der Waals surface area (Å²) in [7, 11) is 1.76. The molecule has 0 aromatic carbocycles. The van der Waals surface area contributed by atoms with Gasteiger partial charge in [-0.25, -0.2) is 0 Å². The van der Waals surface area contributed by atoms with Crippen molar-refractivity contribution in [1.29, 1.82) is 0 Å². The third-order valence-electron chi connectivity index (χ3n) is 4.65. The van der Waals surface area contributed by atoms with Crippen LogP contribution in [0, 0.1) is 10.8 Å². The third kappa shape index (κ3) is 21.8. The summed E-state index contributed by atoms with van der Waals surface area (Å²) in [5, 5.41) is 16.5. The molecule has 8 heteroatoms. The van der Waals surface area contributed by atoms with Gasteiger partial charge in [0.1, 0.15) is 6.29 Å². The van der Waals surface area contributed by atoms with Crippen LogP contribution in [0.3, 0.4) is 0 Å². The van der Waals surface area contributed by atoms with Crippen molar-refractivity contribution in [1.82, 2.24) is 15.4 Å². The minimum absolute atomic E-state index is 0.00951. The van der Waals surface area contributed by atoms with Crippen molar-refractivity contribution in [2.75, 3.05) is 26.0 Å². The number of carbonyl (C=O) groups is 2. The number of nitrogens with one attached hydrogen (secondary N) is 3. The van der Waals surface area contributed by atoms with E-state index in [0.29, 0.717) is 32.0 Å². The number of amides is 1. The van der Waals surface area contributed by atoms with Crippen LogP contribution in [0.15, 0.2) is 0 Å². The van der Waals surface area contributed by atoms with E-state index in [1.165, 1.54) is 11.9 Å². The van der Waals surface area contributed by atoms with Crippen molar-refractivity contribution >= 4 is 24.1 Å². The number of hydrogen-bond acceptors (Lipinski definition) is 7. The fourth-order valence-electron chi connectivity index (χ4n) is 3.53. The molecule has 0 saturated carbocycles. The lowest BCUT2D eigenvalue weighted by atomic mass is 9.81. The molecule has 1 amide bonds. The van der Waals surface area contributed by atoms with E-state index in [4.69, 9.17) is 4.74 Å². The van der Waals surface area contributed by atoms with Gasteiger partial charge in [-0.1, -0.05) is 62.3 Å². The third-order valence-corrected chi connectivity index (χ3v) is 5.91. The largest absolute Gasteiger partial charge is 0.365 e. The summed E-state index contributed by atoms with van der Waals surface area (Å²) < 4.78 is 8.51. The molecule has 4 N–H and O–H groups in total. The SMILES string of the molecule is CC.CCC=O.CNCC(C)(O)OCCC(C)(C)C(=O)NSCC(C)(C)CC(C)(C)NC(C)C. The molecule has 0 fully saturated rings. The van der Waals surface area contributed by atoms with E-state index in [0.717, 1.165) is 18.5 Å². The Balaban J connectivity index is -0.00000144. The summed E-state index contributed by atoms with van der Waals surface area (Å²) in [6.07, 6.45) is 3.06. The van der Waals surface area contributed by atoms with Gasteiger partial charge in [-0.05, 0) is 58.0 Å². The predicted molar refractivity (Wildman–Crippen MR) is 148 cm³/mol. The van der Waals surface area contributed by atoms with E-state index in [2.05, 4.69) is 56.9 Å². The molecule has 7 nitrogen and oxygen atoms in total. The first-order chi connectivity index (χ1) is 15.4. The summed E-state index contributed by atoms with van der Waals surface area (Å²) in [4.78, 5) is 21.8. The minimum Gasteiger partial charge on any atom is -0.365 e. The molecule has 0 rings (SSSR count). The first kappa shape index (κ1) is 37.9. The molecule has 1 unspecified atom stereocenters. The zero-order chi connectivity index (χ0) is 27.6. The van der Waals surface area contributed by atoms with Crippen molar-refractivity contribution in [3.05, 3.63) is 0 Å².